The van der Waals surface area contributed by atoms with Crippen molar-refractivity contribution in [2.75, 3.05) is 26.2 Å². The number of benzene rings is 1. The van der Waals surface area contributed by atoms with Crippen molar-refractivity contribution in [3.63, 3.8) is 0 Å². The Kier molecular flexibility index (Phi) is 7.14. The summed E-state index contributed by atoms with van der Waals surface area (Å²) in [5.41, 5.74) is 1.17. The van der Waals surface area contributed by atoms with E-state index in [1.807, 2.05) is 35.0 Å². The topological polar surface area (TPSA) is 55.8 Å². The quantitative estimate of drug-likeness (QED) is 0.210. The minimum Gasteiger partial charge on any atom is -0.493 e. The van der Waals surface area contributed by atoms with Crippen molar-refractivity contribution in [2.45, 2.75) is 63.2 Å². The van der Waals surface area contributed by atoms with Crippen LogP contribution in [0.1, 0.15) is 59.4 Å². The lowest BCUT2D eigenvalue weighted by Gasteiger charge is -2.53. The first-order valence-corrected chi connectivity index (χ1v) is 15.4. The molecule has 2 aromatic heterocycles. The van der Waals surface area contributed by atoms with E-state index in [4.69, 9.17) is 9.47 Å². The maximum Gasteiger partial charge on any atom is 0.353 e. The molecule has 3 saturated heterocycles. The van der Waals surface area contributed by atoms with E-state index in [1.165, 1.54) is 65.9 Å². The molecule has 37 heavy (non-hydrogen) atoms. The second kappa shape index (κ2) is 10.5. The summed E-state index contributed by atoms with van der Waals surface area (Å²) in [6.07, 6.45) is 8.84. The lowest BCUT2D eigenvalue weighted by molar-refractivity contribution is -0.984. The maximum absolute atomic E-state index is 13.7. The second-order valence-electron chi connectivity index (χ2n) is 10.9. The summed E-state index contributed by atoms with van der Waals surface area (Å²) in [4.78, 5) is 14.9. The lowest BCUT2D eigenvalue weighted by Crippen LogP contribution is -2.66. The number of fused-ring (bicyclic) bond motifs is 4. The molecule has 0 saturated carbocycles. The summed E-state index contributed by atoms with van der Waals surface area (Å²) in [6.45, 7) is 3.64. The van der Waals surface area contributed by atoms with Crippen LogP contribution in [0.2, 0.25) is 0 Å². The fourth-order valence-corrected chi connectivity index (χ4v) is 8.28. The molecule has 1 N–H and O–H groups in total. The molecule has 5 heterocycles. The second-order valence-corrected chi connectivity index (χ2v) is 12.8. The molecule has 1 atom stereocenters. The Morgan fingerprint density at radius 3 is 2.38 bits per heavy atom. The highest BCUT2D eigenvalue weighted by molar-refractivity contribution is 7.12. The third-order valence-electron chi connectivity index (χ3n) is 8.74. The zero-order chi connectivity index (χ0) is 25.3. The lowest BCUT2D eigenvalue weighted by atomic mass is 9.84. The molecule has 1 aliphatic carbocycles. The number of aliphatic hydroxyl groups is 1. The number of piperidine rings is 3. The summed E-state index contributed by atoms with van der Waals surface area (Å²) in [5, 5.41) is 15.5. The first-order chi connectivity index (χ1) is 18.1. The molecule has 3 aliphatic heterocycles. The Morgan fingerprint density at radius 2 is 1.70 bits per heavy atom. The number of carbonyl (C=O) groups is 1. The molecule has 0 spiro atoms. The van der Waals surface area contributed by atoms with Gasteiger partial charge in [-0.05, 0) is 77.8 Å². The van der Waals surface area contributed by atoms with Crippen molar-refractivity contribution in [3.05, 3.63) is 74.1 Å². The zero-order valence-electron chi connectivity index (χ0n) is 21.3. The van der Waals surface area contributed by atoms with Gasteiger partial charge in [-0.25, -0.2) is 4.79 Å². The standard InChI is InChI=1S/C30H36NO4S2/c32-29(30(33,26-8-3-18-36-26)27-9-4-19-37-27)35-28-20-22-12-15-31(28,16-13-22)14-5-17-34-25-11-10-23-6-1-2-7-24(23)21-25/h3-4,8-11,18-19,21-22,28,33H,1-2,5-7,12-17,20H2/q+1/t22?,28-,31?/m1/s1. The molecule has 4 aliphatic rings. The van der Waals surface area contributed by atoms with Crippen molar-refractivity contribution in [1.29, 1.82) is 0 Å². The number of rotatable bonds is 9. The smallest absolute Gasteiger partial charge is 0.353 e. The van der Waals surface area contributed by atoms with Gasteiger partial charge in [0.05, 0.1) is 36.0 Å². The maximum atomic E-state index is 13.7. The third-order valence-corrected chi connectivity index (χ3v) is 10.7. The average molecular weight is 539 g/mol. The number of ether oxygens (including phenoxy) is 2. The highest BCUT2D eigenvalue weighted by Gasteiger charge is 2.52. The van der Waals surface area contributed by atoms with E-state index in [0.29, 0.717) is 22.3 Å². The zero-order valence-corrected chi connectivity index (χ0v) is 22.9. The van der Waals surface area contributed by atoms with Gasteiger partial charge in [-0.3, -0.25) is 4.48 Å². The van der Waals surface area contributed by atoms with E-state index in [2.05, 4.69) is 18.2 Å². The predicted molar refractivity (Wildman–Crippen MR) is 147 cm³/mol. The number of hydrogen-bond acceptors (Lipinski definition) is 6. The van der Waals surface area contributed by atoms with Crippen LogP contribution in [-0.4, -0.2) is 48.0 Å². The van der Waals surface area contributed by atoms with E-state index in [0.717, 1.165) is 49.1 Å². The molecule has 1 aromatic carbocycles. The summed E-state index contributed by atoms with van der Waals surface area (Å²) >= 11 is 2.78. The normalized spacial score (nSPS) is 25.0. The largest absolute Gasteiger partial charge is 0.493 e. The van der Waals surface area contributed by atoms with Gasteiger partial charge in [-0.2, -0.15) is 0 Å². The van der Waals surface area contributed by atoms with Crippen LogP contribution in [0.3, 0.4) is 0 Å². The van der Waals surface area contributed by atoms with Crippen molar-refractivity contribution in [1.82, 2.24) is 0 Å². The Balaban J connectivity index is 1.13. The molecular weight excluding hydrogens is 502 g/mol. The van der Waals surface area contributed by atoms with Gasteiger partial charge in [0.15, 0.2) is 0 Å². The predicted octanol–water partition coefficient (Wildman–Crippen LogP) is 5.89. The molecule has 196 valence electrons. The number of aryl methyl sites for hydroxylation is 2. The van der Waals surface area contributed by atoms with Gasteiger partial charge in [-0.15, -0.1) is 22.7 Å². The van der Waals surface area contributed by atoms with Crippen LogP contribution < -0.4 is 4.74 Å². The van der Waals surface area contributed by atoms with Gasteiger partial charge in [0, 0.05) is 25.7 Å². The Hall–Kier alpha value is -2.19. The van der Waals surface area contributed by atoms with E-state index < -0.39 is 11.6 Å². The Bertz CT molecular complexity index is 1160. The van der Waals surface area contributed by atoms with Gasteiger partial charge in [0.25, 0.3) is 0 Å². The summed E-state index contributed by atoms with van der Waals surface area (Å²) in [5.74, 6) is 1.02. The van der Waals surface area contributed by atoms with E-state index >= 15 is 0 Å². The van der Waals surface area contributed by atoms with Crippen LogP contribution in [0.25, 0.3) is 0 Å². The van der Waals surface area contributed by atoms with E-state index in [9.17, 15) is 9.90 Å². The summed E-state index contributed by atoms with van der Waals surface area (Å²) in [6, 6.07) is 14.0. The van der Waals surface area contributed by atoms with Crippen LogP contribution >= 0.6 is 22.7 Å². The molecule has 3 fully saturated rings. The van der Waals surface area contributed by atoms with Crippen LogP contribution in [-0.2, 0) is 28.0 Å². The summed E-state index contributed by atoms with van der Waals surface area (Å²) < 4.78 is 13.2. The van der Waals surface area contributed by atoms with Crippen LogP contribution in [0.15, 0.2) is 53.2 Å². The molecule has 5 nitrogen and oxygen atoms in total. The fourth-order valence-electron chi connectivity index (χ4n) is 6.56. The Labute approximate surface area is 227 Å². The average Bonchev–Trinajstić information content (AvgIpc) is 3.67. The van der Waals surface area contributed by atoms with E-state index in [1.54, 1.807) is 0 Å². The minimum atomic E-state index is -1.75. The number of thiophene rings is 2. The molecule has 3 aromatic rings. The fraction of sp³-hybridized carbons (Fsp3) is 0.500. The molecule has 0 unspecified atom stereocenters. The van der Waals surface area contributed by atoms with Gasteiger partial charge < -0.3 is 14.6 Å². The van der Waals surface area contributed by atoms with Crippen molar-refractivity contribution in [2.24, 2.45) is 5.92 Å². The molecule has 2 bridgehead atoms. The molecule has 0 amide bonds. The van der Waals surface area contributed by atoms with Crippen LogP contribution in [0, 0.1) is 5.92 Å². The van der Waals surface area contributed by atoms with Gasteiger partial charge in [0.1, 0.15) is 5.75 Å². The molecule has 7 heteroatoms. The first-order valence-electron chi connectivity index (χ1n) is 13.7. The number of carbonyl (C=O) groups excluding carboxylic acids is 1. The highest BCUT2D eigenvalue weighted by atomic mass is 32.1. The first kappa shape index (κ1) is 25.1. The molecule has 0 radical (unpaired) electrons. The van der Waals surface area contributed by atoms with Gasteiger partial charge >= 0.3 is 5.97 Å². The van der Waals surface area contributed by atoms with Gasteiger partial charge in [0.2, 0.25) is 11.8 Å². The SMILES string of the molecule is O=C(O[C@@H]1CC2CC[N+]1(CCCOc1ccc3c(c1)CCCC3)CC2)C(O)(c1cccs1)c1cccs1. The highest BCUT2D eigenvalue weighted by Crippen LogP contribution is 2.42. The number of nitrogens with zero attached hydrogens (tertiary/aromatic N) is 1. The van der Waals surface area contributed by atoms with E-state index in [-0.39, 0.29) is 6.23 Å². The Morgan fingerprint density at radius 1 is 1.00 bits per heavy atom. The van der Waals surface area contributed by atoms with Gasteiger partial charge in [-0.1, -0.05) is 18.2 Å². The number of hydrogen-bond donors (Lipinski definition) is 1. The minimum absolute atomic E-state index is 0.213. The van der Waals surface area contributed by atoms with Crippen LogP contribution in [0.5, 0.6) is 5.75 Å². The number of esters is 1. The molecular formula is C30H36NO4S2+. The van der Waals surface area contributed by atoms with Crippen molar-refractivity contribution < 1.29 is 23.9 Å². The third kappa shape index (κ3) is 4.87. The molecule has 7 rings (SSSR count). The van der Waals surface area contributed by atoms with Crippen LogP contribution in [0.4, 0.5) is 0 Å². The van der Waals surface area contributed by atoms with Crippen molar-refractivity contribution >= 4 is 28.6 Å². The monoisotopic (exact) mass is 538 g/mol. The van der Waals surface area contributed by atoms with Crippen molar-refractivity contribution in [3.8, 4) is 5.75 Å². The summed E-state index contributed by atoms with van der Waals surface area (Å²) in [7, 11) is 0. The number of quaternary nitrogens is 1.